The number of carbonyl (C=O) groups excluding carboxylic acids is 1. The van der Waals surface area contributed by atoms with E-state index in [1.54, 1.807) is 9.80 Å². The van der Waals surface area contributed by atoms with Gasteiger partial charge in [0.1, 0.15) is 11.9 Å². The van der Waals surface area contributed by atoms with Gasteiger partial charge in [0.05, 0.1) is 6.54 Å². The number of piperazine rings is 2. The Bertz CT molecular complexity index is 799. The molecule has 1 atom stereocenters. The third-order valence-electron chi connectivity index (χ3n) is 4.93. The highest BCUT2D eigenvalue weighted by Crippen LogP contribution is 2.24. The van der Waals surface area contributed by atoms with E-state index >= 15 is 0 Å². The Balaban J connectivity index is 1.54. The maximum absolute atomic E-state index is 12.9. The van der Waals surface area contributed by atoms with Crippen molar-refractivity contribution in [1.82, 2.24) is 14.8 Å². The molecule has 0 spiro atoms. The van der Waals surface area contributed by atoms with E-state index in [2.05, 4.69) is 16.1 Å². The predicted octanol–water partition coefficient (Wildman–Crippen LogP) is 1.56. The van der Waals surface area contributed by atoms with Crippen LogP contribution in [0.2, 0.25) is 0 Å². The molecular weight excluding hydrogens is 314 g/mol. The number of pyridine rings is 1. The highest BCUT2D eigenvalue weighted by atomic mass is 16.2. The molecule has 6 nitrogen and oxygen atoms in total. The van der Waals surface area contributed by atoms with Gasteiger partial charge in [-0.2, -0.15) is 5.26 Å². The van der Waals surface area contributed by atoms with Gasteiger partial charge in [0, 0.05) is 37.9 Å². The molecule has 2 aliphatic rings. The van der Waals surface area contributed by atoms with Crippen molar-refractivity contribution in [2.45, 2.75) is 6.04 Å². The number of hydrogen-bond acceptors (Lipinski definition) is 5. The number of carbonyl (C=O) groups is 1. The van der Waals surface area contributed by atoms with Crippen molar-refractivity contribution in [2.24, 2.45) is 0 Å². The van der Waals surface area contributed by atoms with Crippen LogP contribution in [-0.2, 0) is 4.79 Å². The van der Waals surface area contributed by atoms with E-state index in [4.69, 9.17) is 5.26 Å². The summed E-state index contributed by atoms with van der Waals surface area (Å²) in [5.74, 6) is 0.713. The molecule has 1 aromatic carbocycles. The first-order valence-electron chi connectivity index (χ1n) is 8.48. The molecule has 126 valence electrons. The molecule has 1 amide bonds. The van der Waals surface area contributed by atoms with E-state index in [-0.39, 0.29) is 11.9 Å². The van der Waals surface area contributed by atoms with E-state index in [0.29, 0.717) is 25.5 Å². The number of fused-ring (bicyclic) bond motifs is 1. The van der Waals surface area contributed by atoms with Crippen LogP contribution in [0.15, 0.2) is 48.7 Å². The van der Waals surface area contributed by atoms with Crippen LogP contribution < -0.4 is 4.90 Å². The maximum atomic E-state index is 12.9. The average Bonchev–Trinajstić information content (AvgIpc) is 2.69. The molecule has 0 N–H and O–H groups in total. The van der Waals surface area contributed by atoms with Gasteiger partial charge in [0.15, 0.2) is 6.19 Å². The van der Waals surface area contributed by atoms with Crippen molar-refractivity contribution in [3.63, 3.8) is 0 Å². The van der Waals surface area contributed by atoms with Crippen LogP contribution in [0.4, 0.5) is 5.82 Å². The molecule has 3 heterocycles. The van der Waals surface area contributed by atoms with Crippen LogP contribution in [0.1, 0.15) is 0 Å². The number of nitriles is 1. The Morgan fingerprint density at radius 2 is 1.80 bits per heavy atom. The lowest BCUT2D eigenvalue weighted by atomic mass is 10.1. The Kier molecular flexibility index (Phi) is 4.08. The van der Waals surface area contributed by atoms with Crippen molar-refractivity contribution >= 4 is 11.7 Å². The fraction of sp³-hybridized carbons (Fsp3) is 0.316. The zero-order valence-electron chi connectivity index (χ0n) is 13.9. The third kappa shape index (κ3) is 2.94. The van der Waals surface area contributed by atoms with Crippen molar-refractivity contribution in [1.29, 1.82) is 5.26 Å². The van der Waals surface area contributed by atoms with Gasteiger partial charge < -0.3 is 4.90 Å². The monoisotopic (exact) mass is 333 g/mol. The molecule has 0 bridgehead atoms. The van der Waals surface area contributed by atoms with E-state index in [1.165, 1.54) is 0 Å². The summed E-state index contributed by atoms with van der Waals surface area (Å²) in [6, 6.07) is 13.7. The van der Waals surface area contributed by atoms with Crippen LogP contribution in [0.3, 0.4) is 0 Å². The Hall–Kier alpha value is -2.91. The molecular formula is C19H19N5O. The largest absolute Gasteiger partial charge is 0.307 e. The van der Waals surface area contributed by atoms with Gasteiger partial charge in [0.25, 0.3) is 0 Å². The summed E-state index contributed by atoms with van der Waals surface area (Å²) in [5.41, 5.74) is 2.14. The lowest BCUT2D eigenvalue weighted by Gasteiger charge is -2.44. The number of aromatic nitrogens is 1. The first-order valence-corrected chi connectivity index (χ1v) is 8.48. The van der Waals surface area contributed by atoms with Gasteiger partial charge in [-0.3, -0.25) is 14.6 Å². The normalized spacial score (nSPS) is 20.9. The molecule has 0 saturated carbocycles. The SMILES string of the molecule is N#CN1CCN2CCN(c3ccc(-c4ccccc4)cn3)C(=O)[C@H]2C1. The Morgan fingerprint density at radius 1 is 1.00 bits per heavy atom. The first-order chi connectivity index (χ1) is 12.3. The van der Waals surface area contributed by atoms with Crippen LogP contribution >= 0.6 is 0 Å². The molecule has 2 aromatic rings. The van der Waals surface area contributed by atoms with Crippen LogP contribution in [-0.4, -0.2) is 59.5 Å². The van der Waals surface area contributed by atoms with Crippen LogP contribution in [0.25, 0.3) is 11.1 Å². The highest BCUT2D eigenvalue weighted by molar-refractivity contribution is 5.97. The summed E-state index contributed by atoms with van der Waals surface area (Å²) in [5, 5.41) is 9.11. The molecule has 0 radical (unpaired) electrons. The summed E-state index contributed by atoms with van der Waals surface area (Å²) in [6.45, 7) is 3.38. The zero-order chi connectivity index (χ0) is 17.2. The lowest BCUT2D eigenvalue weighted by Crippen LogP contribution is -2.64. The number of rotatable bonds is 2. The van der Waals surface area contributed by atoms with Gasteiger partial charge >= 0.3 is 0 Å². The quantitative estimate of drug-likeness (QED) is 0.781. The molecule has 2 fully saturated rings. The summed E-state index contributed by atoms with van der Waals surface area (Å²) in [7, 11) is 0. The molecule has 2 saturated heterocycles. The summed E-state index contributed by atoms with van der Waals surface area (Å²) < 4.78 is 0. The maximum Gasteiger partial charge on any atom is 0.247 e. The van der Waals surface area contributed by atoms with Gasteiger partial charge in [-0.1, -0.05) is 30.3 Å². The second kappa shape index (κ2) is 6.54. The molecule has 0 aliphatic carbocycles. The molecule has 6 heteroatoms. The standard InChI is InChI=1S/C19H19N5O/c20-14-22-8-9-23-10-11-24(19(25)17(23)13-22)18-7-6-16(12-21-18)15-4-2-1-3-5-15/h1-7,12,17H,8-11,13H2/t17-/m1/s1. The molecule has 0 unspecified atom stereocenters. The van der Waals surface area contributed by atoms with Gasteiger partial charge in [-0.25, -0.2) is 4.98 Å². The average molecular weight is 333 g/mol. The zero-order valence-corrected chi connectivity index (χ0v) is 13.9. The van der Waals surface area contributed by atoms with E-state index < -0.39 is 0 Å². The second-order valence-corrected chi connectivity index (χ2v) is 6.36. The van der Waals surface area contributed by atoms with Crippen molar-refractivity contribution in [3.8, 4) is 17.3 Å². The molecule has 4 rings (SSSR count). The minimum atomic E-state index is -0.252. The smallest absolute Gasteiger partial charge is 0.247 e. The fourth-order valence-electron chi connectivity index (χ4n) is 3.51. The number of nitrogens with zero attached hydrogens (tertiary/aromatic N) is 5. The second-order valence-electron chi connectivity index (χ2n) is 6.36. The number of anilines is 1. The van der Waals surface area contributed by atoms with Crippen molar-refractivity contribution < 1.29 is 4.79 Å². The number of benzene rings is 1. The Labute approximate surface area is 146 Å². The Morgan fingerprint density at radius 3 is 2.52 bits per heavy atom. The van der Waals surface area contributed by atoms with Crippen LogP contribution in [0.5, 0.6) is 0 Å². The minimum absolute atomic E-state index is 0.0335. The first kappa shape index (κ1) is 15.6. The fourth-order valence-corrected chi connectivity index (χ4v) is 3.51. The van der Waals surface area contributed by atoms with Crippen molar-refractivity contribution in [3.05, 3.63) is 48.7 Å². The van der Waals surface area contributed by atoms with E-state index in [9.17, 15) is 4.79 Å². The van der Waals surface area contributed by atoms with Gasteiger partial charge in [-0.15, -0.1) is 0 Å². The summed E-state index contributed by atoms with van der Waals surface area (Å²) in [4.78, 5) is 23.0. The molecule has 1 aromatic heterocycles. The minimum Gasteiger partial charge on any atom is -0.307 e. The third-order valence-corrected chi connectivity index (χ3v) is 4.93. The summed E-state index contributed by atoms with van der Waals surface area (Å²) >= 11 is 0. The predicted molar refractivity (Wildman–Crippen MR) is 94.6 cm³/mol. The summed E-state index contributed by atoms with van der Waals surface area (Å²) in [6.07, 6.45) is 3.97. The van der Waals surface area contributed by atoms with Gasteiger partial charge in [0.2, 0.25) is 5.91 Å². The highest BCUT2D eigenvalue weighted by Gasteiger charge is 2.39. The number of amides is 1. The molecule has 2 aliphatic heterocycles. The van der Waals surface area contributed by atoms with Crippen LogP contribution in [0, 0.1) is 11.5 Å². The topological polar surface area (TPSA) is 63.5 Å². The number of hydrogen-bond donors (Lipinski definition) is 0. The lowest BCUT2D eigenvalue weighted by molar-refractivity contribution is -0.127. The van der Waals surface area contributed by atoms with E-state index in [0.717, 1.165) is 24.2 Å². The van der Waals surface area contributed by atoms with Crippen molar-refractivity contribution in [2.75, 3.05) is 37.6 Å². The molecule has 25 heavy (non-hydrogen) atoms. The van der Waals surface area contributed by atoms with Gasteiger partial charge in [-0.05, 0) is 17.7 Å². The van der Waals surface area contributed by atoms with E-state index in [1.807, 2.05) is 48.7 Å².